The molecule has 0 saturated carbocycles. The third-order valence-electron chi connectivity index (χ3n) is 3.94. The van der Waals surface area contributed by atoms with Crippen molar-refractivity contribution in [3.8, 4) is 0 Å². The number of anilines is 3. The maximum absolute atomic E-state index is 13.1. The number of carbonyl (C=O) groups is 1. The van der Waals surface area contributed by atoms with E-state index in [0.29, 0.717) is 5.69 Å². The number of pyridine rings is 1. The minimum atomic E-state index is -4.55. The van der Waals surface area contributed by atoms with Crippen LogP contribution in [-0.4, -0.2) is 10.9 Å². The second kappa shape index (κ2) is 8.40. The number of aromatic nitrogens is 1. The zero-order chi connectivity index (χ0) is 19.3. The highest BCUT2D eigenvalue weighted by atomic mass is 35.5. The highest BCUT2D eigenvalue weighted by molar-refractivity contribution is 6.30. The Balaban J connectivity index is 2.14. The first kappa shape index (κ1) is 20.0. The van der Waals surface area contributed by atoms with Crippen LogP contribution < -0.4 is 10.6 Å². The predicted octanol–water partition coefficient (Wildman–Crippen LogP) is 5.87. The standard InChI is InChI=1S/C18H19ClF3N3O/c1-3-11(4-2)17(26)24-13-6-8-16(23-10-13)25-15-7-5-12(19)9-14(15)18(20,21)22/h5-11H,3-4H2,1-2H3,(H,23,25)(H,24,26). The molecule has 4 nitrogen and oxygen atoms in total. The number of nitrogens with zero attached hydrogens (tertiary/aromatic N) is 1. The number of amides is 1. The van der Waals surface area contributed by atoms with E-state index in [1.165, 1.54) is 24.4 Å². The predicted molar refractivity (Wildman–Crippen MR) is 96.7 cm³/mol. The van der Waals surface area contributed by atoms with E-state index >= 15 is 0 Å². The van der Waals surface area contributed by atoms with Crippen LogP contribution in [0.15, 0.2) is 36.5 Å². The number of benzene rings is 1. The van der Waals surface area contributed by atoms with Gasteiger partial charge >= 0.3 is 6.18 Å². The van der Waals surface area contributed by atoms with E-state index in [2.05, 4.69) is 15.6 Å². The van der Waals surface area contributed by atoms with Crippen molar-refractivity contribution < 1.29 is 18.0 Å². The molecule has 0 atom stereocenters. The molecule has 0 aliphatic rings. The van der Waals surface area contributed by atoms with Crippen LogP contribution in [0.4, 0.5) is 30.4 Å². The third-order valence-corrected chi connectivity index (χ3v) is 4.17. The number of nitrogens with one attached hydrogen (secondary N) is 2. The van der Waals surface area contributed by atoms with Crippen LogP contribution in [0.1, 0.15) is 32.3 Å². The largest absolute Gasteiger partial charge is 0.418 e. The molecule has 1 aromatic carbocycles. The lowest BCUT2D eigenvalue weighted by atomic mass is 10.0. The van der Waals surface area contributed by atoms with E-state index in [0.717, 1.165) is 18.9 Å². The number of alkyl halides is 3. The van der Waals surface area contributed by atoms with E-state index in [9.17, 15) is 18.0 Å². The fourth-order valence-electron chi connectivity index (χ4n) is 2.44. The van der Waals surface area contributed by atoms with Gasteiger partial charge in [-0.3, -0.25) is 4.79 Å². The Labute approximate surface area is 154 Å². The summed E-state index contributed by atoms with van der Waals surface area (Å²) in [6, 6.07) is 6.54. The van der Waals surface area contributed by atoms with Gasteiger partial charge in [-0.2, -0.15) is 13.2 Å². The molecule has 1 amide bonds. The van der Waals surface area contributed by atoms with Crippen LogP contribution in [0.2, 0.25) is 5.02 Å². The Morgan fingerprint density at radius 3 is 2.42 bits per heavy atom. The van der Waals surface area contributed by atoms with Crippen molar-refractivity contribution in [1.29, 1.82) is 0 Å². The van der Waals surface area contributed by atoms with Gasteiger partial charge < -0.3 is 10.6 Å². The Morgan fingerprint density at radius 2 is 1.88 bits per heavy atom. The van der Waals surface area contributed by atoms with Gasteiger partial charge in [-0.1, -0.05) is 25.4 Å². The van der Waals surface area contributed by atoms with Crippen molar-refractivity contribution in [1.82, 2.24) is 4.98 Å². The second-order valence-electron chi connectivity index (χ2n) is 5.75. The summed E-state index contributed by atoms with van der Waals surface area (Å²) >= 11 is 5.66. The van der Waals surface area contributed by atoms with Crippen molar-refractivity contribution in [3.63, 3.8) is 0 Å². The molecular formula is C18H19ClF3N3O. The van der Waals surface area contributed by atoms with Crippen LogP contribution >= 0.6 is 11.6 Å². The van der Waals surface area contributed by atoms with Crippen molar-refractivity contribution in [2.24, 2.45) is 5.92 Å². The molecule has 140 valence electrons. The minimum Gasteiger partial charge on any atom is -0.340 e. The van der Waals surface area contributed by atoms with Gasteiger partial charge in [0.2, 0.25) is 5.91 Å². The molecule has 8 heteroatoms. The first-order chi connectivity index (χ1) is 12.2. The molecule has 2 rings (SSSR count). The Morgan fingerprint density at radius 1 is 1.19 bits per heavy atom. The molecule has 0 aliphatic carbocycles. The molecule has 0 bridgehead atoms. The van der Waals surface area contributed by atoms with Crippen molar-refractivity contribution in [2.45, 2.75) is 32.9 Å². The van der Waals surface area contributed by atoms with Gasteiger partial charge in [-0.15, -0.1) is 0 Å². The summed E-state index contributed by atoms with van der Waals surface area (Å²) in [5, 5.41) is 5.38. The topological polar surface area (TPSA) is 54.0 Å². The molecule has 0 radical (unpaired) electrons. The van der Waals surface area contributed by atoms with Crippen LogP contribution in [0.25, 0.3) is 0 Å². The second-order valence-corrected chi connectivity index (χ2v) is 6.18. The number of hydrogen-bond donors (Lipinski definition) is 2. The Kier molecular flexibility index (Phi) is 6.47. The third kappa shape index (κ3) is 5.11. The smallest absolute Gasteiger partial charge is 0.340 e. The normalized spacial score (nSPS) is 11.5. The molecule has 0 unspecified atom stereocenters. The summed E-state index contributed by atoms with van der Waals surface area (Å²) in [6.45, 7) is 3.87. The quantitative estimate of drug-likeness (QED) is 0.653. The molecule has 0 saturated heterocycles. The summed E-state index contributed by atoms with van der Waals surface area (Å²) in [7, 11) is 0. The minimum absolute atomic E-state index is 0.00435. The molecule has 1 aromatic heterocycles. The van der Waals surface area contributed by atoms with Crippen molar-refractivity contribution >= 4 is 34.7 Å². The molecule has 0 fully saturated rings. The van der Waals surface area contributed by atoms with Crippen LogP contribution in [0.5, 0.6) is 0 Å². The highest BCUT2D eigenvalue weighted by Gasteiger charge is 2.33. The molecule has 26 heavy (non-hydrogen) atoms. The Hall–Kier alpha value is -2.28. The molecule has 2 N–H and O–H groups in total. The highest BCUT2D eigenvalue weighted by Crippen LogP contribution is 2.37. The lowest BCUT2D eigenvalue weighted by Gasteiger charge is -2.15. The first-order valence-corrected chi connectivity index (χ1v) is 8.53. The van der Waals surface area contributed by atoms with Crippen LogP contribution in [0, 0.1) is 5.92 Å². The van der Waals surface area contributed by atoms with Gasteiger partial charge in [0.15, 0.2) is 0 Å². The van der Waals surface area contributed by atoms with E-state index in [4.69, 9.17) is 11.6 Å². The van der Waals surface area contributed by atoms with E-state index in [1.54, 1.807) is 6.07 Å². The van der Waals surface area contributed by atoms with Crippen molar-refractivity contribution in [3.05, 3.63) is 47.1 Å². The first-order valence-electron chi connectivity index (χ1n) is 8.15. The fourth-order valence-corrected chi connectivity index (χ4v) is 2.62. The zero-order valence-corrected chi connectivity index (χ0v) is 15.1. The summed E-state index contributed by atoms with van der Waals surface area (Å²) < 4.78 is 39.3. The van der Waals surface area contributed by atoms with Gasteiger partial charge in [0.25, 0.3) is 0 Å². The summed E-state index contributed by atoms with van der Waals surface area (Å²) in [6.07, 6.45) is -1.69. The number of hydrogen-bond acceptors (Lipinski definition) is 3. The van der Waals surface area contributed by atoms with Gasteiger partial charge in [0, 0.05) is 10.9 Å². The maximum atomic E-state index is 13.1. The van der Waals surface area contributed by atoms with Gasteiger partial charge in [0.05, 0.1) is 23.1 Å². The van der Waals surface area contributed by atoms with Gasteiger partial charge in [0.1, 0.15) is 5.82 Å². The lowest BCUT2D eigenvalue weighted by Crippen LogP contribution is -2.21. The average Bonchev–Trinajstić information content (AvgIpc) is 2.58. The molecule has 1 heterocycles. The summed E-state index contributed by atoms with van der Waals surface area (Å²) in [5.41, 5.74) is -0.541. The zero-order valence-electron chi connectivity index (χ0n) is 14.3. The Bertz CT molecular complexity index is 759. The molecular weight excluding hydrogens is 367 g/mol. The van der Waals surface area contributed by atoms with Gasteiger partial charge in [-0.05, 0) is 43.2 Å². The SMILES string of the molecule is CCC(CC)C(=O)Nc1ccc(Nc2ccc(Cl)cc2C(F)(F)F)nc1. The molecule has 2 aromatic rings. The molecule has 0 aliphatic heterocycles. The fraction of sp³-hybridized carbons (Fsp3) is 0.333. The number of carbonyl (C=O) groups excluding carboxylic acids is 1. The number of halogens is 4. The van der Waals surface area contributed by atoms with Crippen LogP contribution in [0.3, 0.4) is 0 Å². The maximum Gasteiger partial charge on any atom is 0.418 e. The van der Waals surface area contributed by atoms with E-state index < -0.39 is 11.7 Å². The lowest BCUT2D eigenvalue weighted by molar-refractivity contribution is -0.137. The summed E-state index contributed by atoms with van der Waals surface area (Å²) in [5.74, 6) is 0.0316. The van der Waals surface area contributed by atoms with Crippen LogP contribution in [-0.2, 0) is 11.0 Å². The van der Waals surface area contributed by atoms with Gasteiger partial charge in [-0.25, -0.2) is 4.98 Å². The van der Waals surface area contributed by atoms with E-state index in [-0.39, 0.29) is 28.4 Å². The monoisotopic (exact) mass is 385 g/mol. The number of rotatable bonds is 6. The van der Waals surface area contributed by atoms with Crippen molar-refractivity contribution in [2.75, 3.05) is 10.6 Å². The summed E-state index contributed by atoms with van der Waals surface area (Å²) in [4.78, 5) is 16.1. The van der Waals surface area contributed by atoms with E-state index in [1.807, 2.05) is 13.8 Å². The average molecular weight is 386 g/mol. The molecule has 0 spiro atoms.